The summed E-state index contributed by atoms with van der Waals surface area (Å²) < 4.78 is 13.1. The van der Waals surface area contributed by atoms with Crippen LogP contribution in [-0.4, -0.2) is 28.1 Å². The van der Waals surface area contributed by atoms with Crippen molar-refractivity contribution < 1.29 is 23.9 Å². The zero-order chi connectivity index (χ0) is 16.7. The maximum absolute atomic E-state index is 13.1. The van der Waals surface area contributed by atoms with Crippen molar-refractivity contribution in [1.29, 1.82) is 0 Å². The Kier molecular flexibility index (Phi) is 4.29. The SMILES string of the molecule is CC(=O)[C@@H]1C(=O)C[C@@](C)(O)[C@H](C(C)=O)[C@H]1c1ccc(F)cc1. The molecule has 5 heteroatoms. The first-order valence-corrected chi connectivity index (χ1v) is 7.16. The molecule has 1 aliphatic rings. The van der Waals surface area contributed by atoms with Gasteiger partial charge in [0.05, 0.1) is 17.4 Å². The van der Waals surface area contributed by atoms with Gasteiger partial charge >= 0.3 is 0 Å². The van der Waals surface area contributed by atoms with E-state index >= 15 is 0 Å². The summed E-state index contributed by atoms with van der Waals surface area (Å²) in [5, 5.41) is 10.5. The molecule has 0 saturated heterocycles. The Bertz CT molecular complexity index is 618. The number of benzene rings is 1. The standard InChI is InChI=1S/C17H19FO4/c1-9(19)14-13(21)8-17(3,22)16(10(2)20)15(14)11-4-6-12(18)7-5-11/h4-7,14-16,22H,8H2,1-3H3/t14-,15+,16-,17-/m1/s1. The van der Waals surface area contributed by atoms with Crippen LogP contribution in [0, 0.1) is 17.7 Å². The predicted octanol–water partition coefficient (Wildman–Crippen LogP) is 2.04. The van der Waals surface area contributed by atoms with E-state index in [-0.39, 0.29) is 23.8 Å². The van der Waals surface area contributed by atoms with Gasteiger partial charge in [-0.3, -0.25) is 14.4 Å². The quantitative estimate of drug-likeness (QED) is 0.868. The van der Waals surface area contributed by atoms with Crippen molar-refractivity contribution in [3.8, 4) is 0 Å². The first-order chi connectivity index (χ1) is 10.1. The summed E-state index contributed by atoms with van der Waals surface area (Å²) >= 11 is 0. The second-order valence-electron chi connectivity index (χ2n) is 6.25. The van der Waals surface area contributed by atoms with Gasteiger partial charge in [-0.1, -0.05) is 12.1 Å². The largest absolute Gasteiger partial charge is 0.389 e. The fourth-order valence-electron chi connectivity index (χ4n) is 3.59. The van der Waals surface area contributed by atoms with E-state index in [1.54, 1.807) is 0 Å². The molecule has 0 aliphatic heterocycles. The Morgan fingerprint density at radius 1 is 1.18 bits per heavy atom. The molecule has 1 saturated carbocycles. The molecule has 22 heavy (non-hydrogen) atoms. The maximum Gasteiger partial charge on any atom is 0.146 e. The Morgan fingerprint density at radius 2 is 1.73 bits per heavy atom. The molecular weight excluding hydrogens is 287 g/mol. The molecule has 4 atom stereocenters. The van der Waals surface area contributed by atoms with Gasteiger partial charge < -0.3 is 5.11 Å². The maximum atomic E-state index is 13.1. The lowest BCUT2D eigenvalue weighted by atomic mass is 9.60. The molecule has 0 unspecified atom stereocenters. The van der Waals surface area contributed by atoms with Gasteiger partial charge in [0, 0.05) is 12.3 Å². The number of hydrogen-bond acceptors (Lipinski definition) is 4. The van der Waals surface area contributed by atoms with Crippen molar-refractivity contribution >= 4 is 17.3 Å². The normalized spacial score (nSPS) is 31.9. The van der Waals surface area contributed by atoms with E-state index in [1.807, 2.05) is 0 Å². The molecule has 1 aromatic carbocycles. The number of Topliss-reactive ketones (excluding diaryl/α,β-unsaturated/α-hetero) is 3. The number of rotatable bonds is 3. The lowest BCUT2D eigenvalue weighted by Crippen LogP contribution is -2.53. The summed E-state index contributed by atoms with van der Waals surface area (Å²) in [6, 6.07) is 5.36. The predicted molar refractivity (Wildman–Crippen MR) is 77.7 cm³/mol. The van der Waals surface area contributed by atoms with E-state index in [4.69, 9.17) is 0 Å². The fraction of sp³-hybridized carbons (Fsp3) is 0.471. The average Bonchev–Trinajstić information content (AvgIpc) is 2.36. The molecule has 1 aliphatic carbocycles. The molecule has 0 aromatic heterocycles. The third-order valence-electron chi connectivity index (χ3n) is 4.40. The van der Waals surface area contributed by atoms with Crippen LogP contribution in [0.5, 0.6) is 0 Å². The second kappa shape index (κ2) is 5.72. The summed E-state index contributed by atoms with van der Waals surface area (Å²) in [7, 11) is 0. The van der Waals surface area contributed by atoms with E-state index in [1.165, 1.54) is 45.0 Å². The van der Waals surface area contributed by atoms with Gasteiger partial charge in [-0.2, -0.15) is 0 Å². The number of halogens is 1. The monoisotopic (exact) mass is 306 g/mol. The lowest BCUT2D eigenvalue weighted by Gasteiger charge is -2.44. The van der Waals surface area contributed by atoms with Crippen LogP contribution in [0.15, 0.2) is 24.3 Å². The van der Waals surface area contributed by atoms with E-state index < -0.39 is 29.2 Å². The second-order valence-corrected chi connectivity index (χ2v) is 6.25. The van der Waals surface area contributed by atoms with E-state index in [0.717, 1.165) is 0 Å². The number of hydrogen-bond donors (Lipinski definition) is 1. The molecule has 0 radical (unpaired) electrons. The lowest BCUT2D eigenvalue weighted by molar-refractivity contribution is -0.151. The van der Waals surface area contributed by atoms with Crippen molar-refractivity contribution in [2.75, 3.05) is 0 Å². The van der Waals surface area contributed by atoms with Crippen LogP contribution < -0.4 is 0 Å². The summed E-state index contributed by atoms with van der Waals surface area (Å²) in [4.78, 5) is 36.3. The average molecular weight is 306 g/mol. The van der Waals surface area contributed by atoms with Crippen molar-refractivity contribution in [2.45, 2.75) is 38.7 Å². The van der Waals surface area contributed by atoms with Gasteiger partial charge in [-0.25, -0.2) is 4.39 Å². The molecular formula is C17H19FO4. The van der Waals surface area contributed by atoms with Gasteiger partial charge in [0.25, 0.3) is 0 Å². The van der Waals surface area contributed by atoms with Gasteiger partial charge in [0.1, 0.15) is 23.2 Å². The number of aliphatic hydroxyl groups is 1. The summed E-state index contributed by atoms with van der Waals surface area (Å²) in [6.07, 6.45) is -0.237. The zero-order valence-corrected chi connectivity index (χ0v) is 12.8. The molecule has 0 bridgehead atoms. The van der Waals surface area contributed by atoms with E-state index in [2.05, 4.69) is 0 Å². The van der Waals surface area contributed by atoms with Crippen LogP contribution in [0.2, 0.25) is 0 Å². The molecule has 0 amide bonds. The Balaban J connectivity index is 2.61. The third kappa shape index (κ3) is 2.86. The van der Waals surface area contributed by atoms with Crippen LogP contribution in [-0.2, 0) is 14.4 Å². The van der Waals surface area contributed by atoms with Crippen LogP contribution in [0.3, 0.4) is 0 Å². The Labute approximate surface area is 128 Å². The molecule has 1 fully saturated rings. The molecule has 1 aromatic rings. The van der Waals surface area contributed by atoms with Gasteiger partial charge in [-0.15, -0.1) is 0 Å². The van der Waals surface area contributed by atoms with Crippen molar-refractivity contribution in [1.82, 2.24) is 0 Å². The van der Waals surface area contributed by atoms with Gasteiger partial charge in [0.2, 0.25) is 0 Å². The summed E-state index contributed by atoms with van der Waals surface area (Å²) in [5.41, 5.74) is -1.01. The van der Waals surface area contributed by atoms with E-state index in [9.17, 15) is 23.9 Å². The highest BCUT2D eigenvalue weighted by Crippen LogP contribution is 2.46. The van der Waals surface area contributed by atoms with Crippen molar-refractivity contribution in [2.24, 2.45) is 11.8 Å². The highest BCUT2D eigenvalue weighted by Gasteiger charge is 2.53. The van der Waals surface area contributed by atoms with Crippen molar-refractivity contribution in [3.63, 3.8) is 0 Å². The molecule has 0 heterocycles. The van der Waals surface area contributed by atoms with Crippen LogP contribution in [0.1, 0.15) is 38.7 Å². The molecule has 1 N–H and O–H groups in total. The highest BCUT2D eigenvalue weighted by molar-refractivity contribution is 6.05. The first-order valence-electron chi connectivity index (χ1n) is 7.16. The number of ketones is 3. The minimum atomic E-state index is -1.52. The zero-order valence-electron chi connectivity index (χ0n) is 12.8. The van der Waals surface area contributed by atoms with E-state index in [0.29, 0.717) is 5.56 Å². The fourth-order valence-corrected chi connectivity index (χ4v) is 3.59. The highest BCUT2D eigenvalue weighted by atomic mass is 19.1. The third-order valence-corrected chi connectivity index (χ3v) is 4.40. The number of carbonyl (C=O) groups excluding carboxylic acids is 3. The van der Waals surface area contributed by atoms with Gasteiger partial charge in [0.15, 0.2) is 0 Å². The molecule has 2 rings (SSSR count). The Hall–Kier alpha value is -1.88. The van der Waals surface area contributed by atoms with Crippen molar-refractivity contribution in [3.05, 3.63) is 35.6 Å². The smallest absolute Gasteiger partial charge is 0.146 e. The minimum absolute atomic E-state index is 0.237. The van der Waals surface area contributed by atoms with Crippen LogP contribution in [0.25, 0.3) is 0 Å². The number of carbonyl (C=O) groups is 3. The molecule has 118 valence electrons. The van der Waals surface area contributed by atoms with Gasteiger partial charge in [-0.05, 0) is 38.5 Å². The minimum Gasteiger partial charge on any atom is -0.389 e. The Morgan fingerprint density at radius 3 is 2.18 bits per heavy atom. The van der Waals surface area contributed by atoms with Crippen LogP contribution >= 0.6 is 0 Å². The topological polar surface area (TPSA) is 71.4 Å². The molecule has 4 nitrogen and oxygen atoms in total. The first kappa shape index (κ1) is 16.5. The van der Waals surface area contributed by atoms with Crippen LogP contribution in [0.4, 0.5) is 4.39 Å². The molecule has 0 spiro atoms. The summed E-state index contributed by atoms with van der Waals surface area (Å²) in [6.45, 7) is 4.07. The summed E-state index contributed by atoms with van der Waals surface area (Å²) in [5.74, 6) is -4.11.